The Hall–Kier alpha value is -0.890. The molecule has 2 rings (SSSR count). The van der Waals surface area contributed by atoms with E-state index in [9.17, 15) is 5.26 Å². The summed E-state index contributed by atoms with van der Waals surface area (Å²) in [5.74, 6) is 0. The van der Waals surface area contributed by atoms with Gasteiger partial charge in [-0.1, -0.05) is 6.07 Å². The zero-order chi connectivity index (χ0) is 11.4. The first-order valence-electron chi connectivity index (χ1n) is 5.61. The Balaban J connectivity index is 1.93. The minimum absolute atomic E-state index is 0.309. The number of nitriles is 1. The predicted octanol–water partition coefficient (Wildman–Crippen LogP) is 1.83. The second-order valence-electron chi connectivity index (χ2n) is 4.43. The summed E-state index contributed by atoms with van der Waals surface area (Å²) in [6.07, 6.45) is 1.84. The molecule has 0 atom stereocenters. The molecule has 0 aromatic carbocycles. The highest BCUT2D eigenvalue weighted by Crippen LogP contribution is 2.22. The van der Waals surface area contributed by atoms with Crippen LogP contribution in [0.1, 0.15) is 17.7 Å². The molecule has 4 heteroatoms. The van der Waals surface area contributed by atoms with Crippen LogP contribution in [0.3, 0.4) is 0 Å². The van der Waals surface area contributed by atoms with Crippen LogP contribution in [0.25, 0.3) is 0 Å². The van der Waals surface area contributed by atoms with Crippen LogP contribution in [0.2, 0.25) is 0 Å². The first kappa shape index (κ1) is 11.6. The summed E-state index contributed by atoms with van der Waals surface area (Å²) in [5, 5.41) is 14.8. The van der Waals surface area contributed by atoms with E-state index in [1.807, 2.05) is 0 Å². The molecule has 0 unspecified atom stereocenters. The third-order valence-corrected chi connectivity index (χ3v) is 4.11. The maximum Gasteiger partial charge on any atom is 0.109 e. The second-order valence-corrected chi connectivity index (χ2v) is 5.46. The molecule has 1 aromatic heterocycles. The lowest BCUT2D eigenvalue weighted by Crippen LogP contribution is -2.51. The molecule has 0 bridgehead atoms. The monoisotopic (exact) mass is 235 g/mol. The van der Waals surface area contributed by atoms with E-state index in [2.05, 4.69) is 40.8 Å². The average molecular weight is 235 g/mol. The van der Waals surface area contributed by atoms with Crippen molar-refractivity contribution in [1.29, 1.82) is 5.26 Å². The standard InChI is InChI=1S/C12H17N3S/c1-15-6-4-12(10-13,5-7-15)14-9-11-3-2-8-16-11/h2-3,8,14H,4-7,9H2,1H3. The summed E-state index contributed by atoms with van der Waals surface area (Å²) in [6.45, 7) is 2.82. The lowest BCUT2D eigenvalue weighted by Gasteiger charge is -2.36. The summed E-state index contributed by atoms with van der Waals surface area (Å²) >= 11 is 1.74. The number of likely N-dealkylation sites (tertiary alicyclic amines) is 1. The van der Waals surface area contributed by atoms with Gasteiger partial charge < -0.3 is 4.90 Å². The summed E-state index contributed by atoms with van der Waals surface area (Å²) in [6, 6.07) is 6.63. The minimum atomic E-state index is -0.309. The van der Waals surface area contributed by atoms with E-state index in [1.54, 1.807) is 11.3 Å². The van der Waals surface area contributed by atoms with E-state index >= 15 is 0 Å². The van der Waals surface area contributed by atoms with Crippen LogP contribution in [0.5, 0.6) is 0 Å². The van der Waals surface area contributed by atoms with E-state index in [-0.39, 0.29) is 5.54 Å². The highest BCUT2D eigenvalue weighted by molar-refractivity contribution is 7.09. The number of nitrogens with one attached hydrogen (secondary N) is 1. The van der Waals surface area contributed by atoms with Crippen molar-refractivity contribution in [1.82, 2.24) is 10.2 Å². The van der Waals surface area contributed by atoms with Crippen molar-refractivity contribution < 1.29 is 0 Å². The van der Waals surface area contributed by atoms with Crippen molar-refractivity contribution in [3.8, 4) is 6.07 Å². The summed E-state index contributed by atoms with van der Waals surface area (Å²) in [4.78, 5) is 3.58. The molecular weight excluding hydrogens is 218 g/mol. The molecular formula is C12H17N3S. The van der Waals surface area contributed by atoms with Gasteiger partial charge in [-0.25, -0.2) is 0 Å². The first-order valence-corrected chi connectivity index (χ1v) is 6.49. The highest BCUT2D eigenvalue weighted by Gasteiger charge is 2.33. The highest BCUT2D eigenvalue weighted by atomic mass is 32.1. The molecule has 3 nitrogen and oxygen atoms in total. The van der Waals surface area contributed by atoms with Crippen LogP contribution >= 0.6 is 11.3 Å². The second kappa shape index (κ2) is 4.96. The van der Waals surface area contributed by atoms with Gasteiger partial charge in [0.1, 0.15) is 5.54 Å². The molecule has 0 spiro atoms. The normalized spacial score (nSPS) is 20.5. The van der Waals surface area contributed by atoms with Crippen LogP contribution in [0.4, 0.5) is 0 Å². The van der Waals surface area contributed by atoms with Gasteiger partial charge >= 0.3 is 0 Å². The molecule has 1 aliphatic rings. The van der Waals surface area contributed by atoms with Gasteiger partial charge in [0.25, 0.3) is 0 Å². The average Bonchev–Trinajstić information content (AvgIpc) is 2.82. The van der Waals surface area contributed by atoms with Crippen molar-refractivity contribution in [3.63, 3.8) is 0 Å². The lowest BCUT2D eigenvalue weighted by atomic mass is 9.89. The predicted molar refractivity (Wildman–Crippen MR) is 66.2 cm³/mol. The lowest BCUT2D eigenvalue weighted by molar-refractivity contribution is 0.195. The van der Waals surface area contributed by atoms with Crippen LogP contribution in [0.15, 0.2) is 17.5 Å². The van der Waals surface area contributed by atoms with Crippen molar-refractivity contribution in [2.45, 2.75) is 24.9 Å². The Morgan fingerprint density at radius 2 is 2.31 bits per heavy atom. The van der Waals surface area contributed by atoms with Gasteiger partial charge in [0, 0.05) is 24.5 Å². The molecule has 1 aromatic rings. The van der Waals surface area contributed by atoms with E-state index in [1.165, 1.54) is 4.88 Å². The molecule has 0 saturated carbocycles. The zero-order valence-electron chi connectivity index (χ0n) is 9.57. The van der Waals surface area contributed by atoms with E-state index in [0.717, 1.165) is 32.5 Å². The molecule has 0 amide bonds. The fraction of sp³-hybridized carbons (Fsp3) is 0.583. The Morgan fingerprint density at radius 1 is 1.56 bits per heavy atom. The number of nitrogens with zero attached hydrogens (tertiary/aromatic N) is 2. The van der Waals surface area contributed by atoms with Gasteiger partial charge in [-0.3, -0.25) is 5.32 Å². The van der Waals surface area contributed by atoms with Gasteiger partial charge in [0.15, 0.2) is 0 Å². The molecule has 1 aliphatic heterocycles. The summed E-state index contributed by atoms with van der Waals surface area (Å²) in [5.41, 5.74) is -0.309. The van der Waals surface area contributed by atoms with Crippen molar-refractivity contribution in [2.75, 3.05) is 20.1 Å². The Kier molecular flexibility index (Phi) is 3.59. The molecule has 1 saturated heterocycles. The fourth-order valence-electron chi connectivity index (χ4n) is 2.00. The number of hydrogen-bond acceptors (Lipinski definition) is 4. The molecule has 1 N–H and O–H groups in total. The summed E-state index contributed by atoms with van der Waals surface area (Å²) in [7, 11) is 2.11. The van der Waals surface area contributed by atoms with Crippen molar-refractivity contribution >= 4 is 11.3 Å². The fourth-order valence-corrected chi connectivity index (χ4v) is 2.64. The Morgan fingerprint density at radius 3 is 2.88 bits per heavy atom. The number of piperidine rings is 1. The molecule has 86 valence electrons. The smallest absolute Gasteiger partial charge is 0.109 e. The SMILES string of the molecule is CN1CCC(C#N)(NCc2cccs2)CC1. The van der Waals surface area contributed by atoms with Gasteiger partial charge in [-0.2, -0.15) is 5.26 Å². The molecule has 0 radical (unpaired) electrons. The molecule has 16 heavy (non-hydrogen) atoms. The van der Waals surface area contributed by atoms with Crippen molar-refractivity contribution in [3.05, 3.63) is 22.4 Å². The first-order chi connectivity index (χ1) is 7.74. The van der Waals surface area contributed by atoms with Gasteiger partial charge in [-0.15, -0.1) is 11.3 Å². The van der Waals surface area contributed by atoms with E-state index in [4.69, 9.17) is 0 Å². The van der Waals surface area contributed by atoms with E-state index in [0.29, 0.717) is 0 Å². The largest absolute Gasteiger partial charge is 0.306 e. The van der Waals surface area contributed by atoms with Gasteiger partial charge in [-0.05, 0) is 31.3 Å². The zero-order valence-corrected chi connectivity index (χ0v) is 10.4. The van der Waals surface area contributed by atoms with Crippen LogP contribution in [0, 0.1) is 11.3 Å². The Labute approximate surface area is 101 Å². The maximum absolute atomic E-state index is 9.33. The number of thiophene rings is 1. The topological polar surface area (TPSA) is 39.1 Å². The number of rotatable bonds is 3. The summed E-state index contributed by atoms with van der Waals surface area (Å²) < 4.78 is 0. The maximum atomic E-state index is 9.33. The third-order valence-electron chi connectivity index (χ3n) is 3.24. The van der Waals surface area contributed by atoms with Crippen molar-refractivity contribution in [2.24, 2.45) is 0 Å². The molecule has 1 fully saturated rings. The quantitative estimate of drug-likeness (QED) is 0.868. The van der Waals surface area contributed by atoms with Crippen LogP contribution < -0.4 is 5.32 Å². The van der Waals surface area contributed by atoms with E-state index < -0.39 is 0 Å². The molecule has 0 aliphatic carbocycles. The molecule has 2 heterocycles. The van der Waals surface area contributed by atoms with Gasteiger partial charge in [0.2, 0.25) is 0 Å². The van der Waals surface area contributed by atoms with Crippen LogP contribution in [-0.2, 0) is 6.54 Å². The van der Waals surface area contributed by atoms with Gasteiger partial charge in [0.05, 0.1) is 6.07 Å². The third kappa shape index (κ3) is 2.62. The van der Waals surface area contributed by atoms with Crippen LogP contribution in [-0.4, -0.2) is 30.6 Å². The Bertz CT molecular complexity index is 358. The minimum Gasteiger partial charge on any atom is -0.306 e. The number of hydrogen-bond donors (Lipinski definition) is 1.